The Hall–Kier alpha value is -2.33. The van der Waals surface area contributed by atoms with E-state index < -0.39 is 16.8 Å². The number of nitro benzene ring substituents is 1. The van der Waals surface area contributed by atoms with Gasteiger partial charge in [-0.25, -0.2) is 10.9 Å². The van der Waals surface area contributed by atoms with Crippen LogP contribution in [-0.2, 0) is 4.79 Å². The quantitative estimate of drug-likeness (QED) is 0.421. The number of nitro groups is 1. The van der Waals surface area contributed by atoms with Crippen LogP contribution in [0.2, 0.25) is 0 Å². The fourth-order valence-corrected chi connectivity index (χ4v) is 4.62. The molecule has 28 heavy (non-hydrogen) atoms. The summed E-state index contributed by atoms with van der Waals surface area (Å²) in [5, 5.41) is 24.3. The molecule has 2 heterocycles. The Morgan fingerprint density at radius 2 is 1.89 bits per heavy atom. The van der Waals surface area contributed by atoms with Gasteiger partial charge in [-0.3, -0.25) is 20.2 Å². The first-order valence-corrected chi connectivity index (χ1v) is 9.73. The van der Waals surface area contributed by atoms with Crippen LogP contribution in [0.3, 0.4) is 0 Å². The highest BCUT2D eigenvalue weighted by Gasteiger charge is 2.49. The van der Waals surface area contributed by atoms with E-state index in [1.807, 2.05) is 24.3 Å². The summed E-state index contributed by atoms with van der Waals surface area (Å²) in [5.74, 6) is -1.64. The topological polar surface area (TPSA) is 117 Å². The minimum absolute atomic E-state index is 0.0116. The fraction of sp³-hybridized carbons (Fsp3) is 0.316. The lowest BCUT2D eigenvalue weighted by Crippen LogP contribution is -2.53. The van der Waals surface area contributed by atoms with Crippen LogP contribution < -0.4 is 16.2 Å². The Labute approximate surface area is 169 Å². The standard InChI is InChI=1S/C19H19BrN4O4/c20-12-3-1-2-11(8-12)15-9-14(19(25)26)16-17(22-23-18(16)21-15)10-4-6-13(7-5-10)24(27)28/h1-8,14-18,21-23H,9H2,(H,25,26). The normalized spacial score (nSPS) is 29.2. The Morgan fingerprint density at radius 1 is 1.14 bits per heavy atom. The van der Waals surface area contributed by atoms with Gasteiger partial charge in [0.1, 0.15) is 0 Å². The third-order valence-corrected chi connectivity index (χ3v) is 6.02. The number of carboxylic acids is 1. The summed E-state index contributed by atoms with van der Waals surface area (Å²) in [7, 11) is 0. The van der Waals surface area contributed by atoms with Crippen molar-refractivity contribution >= 4 is 27.6 Å². The van der Waals surface area contributed by atoms with E-state index in [-0.39, 0.29) is 29.9 Å². The molecule has 9 heteroatoms. The van der Waals surface area contributed by atoms with Crippen molar-refractivity contribution in [1.29, 1.82) is 0 Å². The Kier molecular flexibility index (Phi) is 5.15. The lowest BCUT2D eigenvalue weighted by molar-refractivity contribution is -0.384. The molecule has 0 bridgehead atoms. The maximum Gasteiger partial charge on any atom is 0.307 e. The van der Waals surface area contributed by atoms with Crippen LogP contribution in [0.4, 0.5) is 5.69 Å². The van der Waals surface area contributed by atoms with Crippen LogP contribution >= 0.6 is 15.9 Å². The summed E-state index contributed by atoms with van der Waals surface area (Å²) < 4.78 is 0.946. The molecule has 4 rings (SSSR count). The lowest BCUT2D eigenvalue weighted by Gasteiger charge is -2.39. The minimum atomic E-state index is -0.839. The van der Waals surface area contributed by atoms with Crippen LogP contribution in [0.5, 0.6) is 0 Å². The molecular weight excluding hydrogens is 428 g/mol. The van der Waals surface area contributed by atoms with E-state index in [4.69, 9.17) is 0 Å². The predicted octanol–water partition coefficient (Wildman–Crippen LogP) is 2.88. The Morgan fingerprint density at radius 3 is 2.54 bits per heavy atom. The highest BCUT2D eigenvalue weighted by Crippen LogP contribution is 2.42. The number of rotatable bonds is 4. The van der Waals surface area contributed by atoms with Crippen LogP contribution in [0.1, 0.15) is 29.6 Å². The van der Waals surface area contributed by atoms with Crippen LogP contribution in [0.15, 0.2) is 53.0 Å². The number of benzene rings is 2. The van der Waals surface area contributed by atoms with Gasteiger partial charge in [-0.2, -0.15) is 0 Å². The maximum absolute atomic E-state index is 12.1. The second-order valence-electron chi connectivity index (χ2n) is 7.12. The predicted molar refractivity (Wildman–Crippen MR) is 105 cm³/mol. The molecule has 0 aromatic heterocycles. The van der Waals surface area contributed by atoms with Crippen molar-refractivity contribution < 1.29 is 14.8 Å². The SMILES string of the molecule is O=C(O)C1CC(c2cccc(Br)c2)NC2NNC(c3ccc([N+](=O)[O-])cc3)C21. The van der Waals surface area contributed by atoms with Crippen molar-refractivity contribution in [2.24, 2.45) is 11.8 Å². The van der Waals surface area contributed by atoms with Gasteiger partial charge >= 0.3 is 5.97 Å². The van der Waals surface area contributed by atoms with Crippen LogP contribution in [0, 0.1) is 22.0 Å². The zero-order valence-electron chi connectivity index (χ0n) is 14.7. The Bertz CT molecular complexity index is 907. The number of nitrogens with one attached hydrogen (secondary N) is 3. The molecule has 5 atom stereocenters. The van der Waals surface area contributed by atoms with E-state index in [9.17, 15) is 20.0 Å². The van der Waals surface area contributed by atoms with Gasteiger partial charge in [0.05, 0.1) is 23.0 Å². The monoisotopic (exact) mass is 446 g/mol. The van der Waals surface area contributed by atoms with Crippen molar-refractivity contribution in [1.82, 2.24) is 16.2 Å². The highest BCUT2D eigenvalue weighted by atomic mass is 79.9. The highest BCUT2D eigenvalue weighted by molar-refractivity contribution is 9.10. The van der Waals surface area contributed by atoms with E-state index in [0.717, 1.165) is 15.6 Å². The number of aliphatic carboxylic acids is 1. The number of halogens is 1. The number of carbonyl (C=O) groups is 1. The van der Waals surface area contributed by atoms with Crippen molar-refractivity contribution in [3.8, 4) is 0 Å². The first-order chi connectivity index (χ1) is 13.4. The van der Waals surface area contributed by atoms with Gasteiger partial charge < -0.3 is 5.11 Å². The van der Waals surface area contributed by atoms with Gasteiger partial charge in [0.25, 0.3) is 5.69 Å². The number of piperidine rings is 1. The van der Waals surface area contributed by atoms with Crippen molar-refractivity contribution in [3.05, 3.63) is 74.2 Å². The smallest absolute Gasteiger partial charge is 0.307 e. The number of hydrogen-bond donors (Lipinski definition) is 4. The van der Waals surface area contributed by atoms with Crippen LogP contribution in [-0.4, -0.2) is 22.2 Å². The molecule has 8 nitrogen and oxygen atoms in total. The summed E-state index contributed by atoms with van der Waals surface area (Å²) in [6.07, 6.45) is 0.221. The molecule has 5 unspecified atom stereocenters. The zero-order valence-corrected chi connectivity index (χ0v) is 16.3. The van der Waals surface area contributed by atoms with E-state index in [1.165, 1.54) is 12.1 Å². The molecular formula is C19H19BrN4O4. The van der Waals surface area contributed by atoms with E-state index in [0.29, 0.717) is 6.42 Å². The average Bonchev–Trinajstić information content (AvgIpc) is 3.11. The second-order valence-corrected chi connectivity index (χ2v) is 8.04. The molecule has 2 saturated heterocycles. The second kappa shape index (κ2) is 7.59. The molecule has 0 spiro atoms. The number of carboxylic acid groups (broad SMARTS) is 1. The number of hydrazine groups is 1. The molecule has 2 aromatic carbocycles. The van der Waals surface area contributed by atoms with E-state index in [1.54, 1.807) is 12.1 Å². The summed E-state index contributed by atoms with van der Waals surface area (Å²) in [6.45, 7) is 0. The number of fused-ring (bicyclic) bond motifs is 1. The lowest BCUT2D eigenvalue weighted by atomic mass is 9.75. The molecule has 4 N–H and O–H groups in total. The summed E-state index contributed by atoms with van der Waals surface area (Å²) >= 11 is 3.47. The molecule has 0 amide bonds. The van der Waals surface area contributed by atoms with Gasteiger partial charge in [-0.1, -0.05) is 40.2 Å². The first kappa shape index (κ1) is 19.0. The molecule has 2 aliphatic rings. The number of nitrogens with zero attached hydrogens (tertiary/aromatic N) is 1. The third-order valence-electron chi connectivity index (χ3n) is 5.53. The molecule has 0 radical (unpaired) electrons. The van der Waals surface area contributed by atoms with Gasteiger partial charge in [0.15, 0.2) is 0 Å². The van der Waals surface area contributed by atoms with Crippen molar-refractivity contribution in [3.63, 3.8) is 0 Å². The molecule has 2 aliphatic heterocycles. The van der Waals surface area contributed by atoms with Gasteiger partial charge in [0.2, 0.25) is 0 Å². The third kappa shape index (κ3) is 3.53. The minimum Gasteiger partial charge on any atom is -0.481 e. The summed E-state index contributed by atoms with van der Waals surface area (Å²) in [6, 6.07) is 13.7. The van der Waals surface area contributed by atoms with Gasteiger partial charge in [0, 0.05) is 28.6 Å². The summed E-state index contributed by atoms with van der Waals surface area (Å²) in [5.41, 5.74) is 8.21. The van der Waals surface area contributed by atoms with Crippen molar-refractivity contribution in [2.45, 2.75) is 24.7 Å². The Balaban J connectivity index is 1.61. The molecule has 2 aromatic rings. The van der Waals surface area contributed by atoms with Gasteiger partial charge in [-0.15, -0.1) is 0 Å². The zero-order chi connectivity index (χ0) is 19.8. The molecule has 2 fully saturated rings. The average molecular weight is 447 g/mol. The summed E-state index contributed by atoms with van der Waals surface area (Å²) in [4.78, 5) is 22.5. The van der Waals surface area contributed by atoms with E-state index >= 15 is 0 Å². The molecule has 146 valence electrons. The molecule has 0 aliphatic carbocycles. The molecule has 0 saturated carbocycles. The van der Waals surface area contributed by atoms with E-state index in [2.05, 4.69) is 32.1 Å². The fourth-order valence-electron chi connectivity index (χ4n) is 4.21. The van der Waals surface area contributed by atoms with Crippen molar-refractivity contribution in [2.75, 3.05) is 0 Å². The largest absolute Gasteiger partial charge is 0.481 e. The van der Waals surface area contributed by atoms with Crippen LogP contribution in [0.25, 0.3) is 0 Å². The van der Waals surface area contributed by atoms with Gasteiger partial charge in [-0.05, 0) is 29.7 Å². The first-order valence-electron chi connectivity index (χ1n) is 8.94. The number of non-ortho nitro benzene ring substituents is 1. The maximum atomic E-state index is 12.1. The number of hydrogen-bond acceptors (Lipinski definition) is 6.